The number of rotatable bonds is 1. The fourth-order valence-corrected chi connectivity index (χ4v) is 3.40. The Morgan fingerprint density at radius 1 is 1.26 bits per heavy atom. The van der Waals surface area contributed by atoms with Crippen molar-refractivity contribution in [1.82, 2.24) is 0 Å². The number of nitrogens with two attached hydrogens (primary N) is 1. The maximum absolute atomic E-state index is 12.3. The van der Waals surface area contributed by atoms with Crippen molar-refractivity contribution in [3.63, 3.8) is 0 Å². The van der Waals surface area contributed by atoms with Crippen molar-refractivity contribution in [2.24, 2.45) is 5.73 Å². The highest BCUT2D eigenvalue weighted by atomic mass is 32.1. The van der Waals surface area contributed by atoms with Crippen LogP contribution in [0, 0.1) is 0 Å². The van der Waals surface area contributed by atoms with Crippen LogP contribution in [0.25, 0.3) is 5.57 Å². The van der Waals surface area contributed by atoms with E-state index >= 15 is 0 Å². The number of fused-ring (bicyclic) bond motifs is 2. The third-order valence-electron chi connectivity index (χ3n) is 3.53. The molecule has 1 aromatic carbocycles. The number of carbonyl (C=O) groups excluding carboxylic acids is 1. The highest BCUT2D eigenvalue weighted by Crippen LogP contribution is 2.37. The minimum absolute atomic E-state index is 0.191. The first-order chi connectivity index (χ1) is 9.22. The van der Waals surface area contributed by atoms with E-state index in [0.29, 0.717) is 6.42 Å². The summed E-state index contributed by atoms with van der Waals surface area (Å²) in [6.07, 6.45) is 1.25. The van der Waals surface area contributed by atoms with Gasteiger partial charge in [-0.2, -0.15) is 0 Å². The molecule has 0 bridgehead atoms. The van der Waals surface area contributed by atoms with E-state index in [1.165, 1.54) is 11.3 Å². The maximum atomic E-state index is 12.3. The molecule has 0 saturated carbocycles. The van der Waals surface area contributed by atoms with Crippen LogP contribution in [0.4, 0.5) is 0 Å². The van der Waals surface area contributed by atoms with Crippen LogP contribution in [0.5, 0.6) is 0 Å². The number of carbonyl (C=O) groups is 1. The van der Waals surface area contributed by atoms with Crippen molar-refractivity contribution in [3.05, 3.63) is 63.0 Å². The van der Waals surface area contributed by atoms with E-state index in [-0.39, 0.29) is 5.78 Å². The lowest BCUT2D eigenvalue weighted by Crippen LogP contribution is -2.03. The molecular weight excluding hydrogens is 254 g/mol. The monoisotopic (exact) mass is 269 g/mol. The fraction of sp³-hybridized carbons (Fsp3) is 0.188. The highest BCUT2D eigenvalue weighted by Gasteiger charge is 2.25. The third kappa shape index (κ3) is 1.90. The van der Waals surface area contributed by atoms with Crippen LogP contribution in [0.1, 0.15) is 39.7 Å². The Morgan fingerprint density at radius 3 is 2.84 bits per heavy atom. The van der Waals surface area contributed by atoms with Gasteiger partial charge in [0.15, 0.2) is 5.78 Å². The van der Waals surface area contributed by atoms with Crippen molar-refractivity contribution < 1.29 is 4.79 Å². The molecule has 2 aromatic rings. The second kappa shape index (κ2) is 4.67. The third-order valence-corrected chi connectivity index (χ3v) is 4.48. The zero-order valence-corrected chi connectivity index (χ0v) is 11.6. The first kappa shape index (κ1) is 12.2. The maximum Gasteiger partial charge on any atom is 0.177 e. The van der Waals surface area contributed by atoms with Crippen molar-refractivity contribution in [2.45, 2.75) is 19.8 Å². The molecule has 96 valence electrons. The smallest absolute Gasteiger partial charge is 0.177 e. The number of Topliss-reactive ketones (excluding diaryl/α,β-unsaturated/α-hetero) is 1. The van der Waals surface area contributed by atoms with Gasteiger partial charge in [-0.3, -0.25) is 4.79 Å². The van der Waals surface area contributed by atoms with Gasteiger partial charge >= 0.3 is 0 Å². The Hall–Kier alpha value is -1.87. The van der Waals surface area contributed by atoms with E-state index in [2.05, 4.69) is 6.07 Å². The first-order valence-electron chi connectivity index (χ1n) is 6.40. The van der Waals surface area contributed by atoms with Gasteiger partial charge in [0.25, 0.3) is 0 Å². The Bertz CT molecular complexity index is 682. The van der Waals surface area contributed by atoms with E-state index < -0.39 is 0 Å². The predicted octanol–water partition coefficient (Wildman–Crippen LogP) is 3.62. The predicted molar refractivity (Wildman–Crippen MR) is 79.3 cm³/mol. The van der Waals surface area contributed by atoms with Crippen LogP contribution < -0.4 is 5.73 Å². The summed E-state index contributed by atoms with van der Waals surface area (Å²) < 4.78 is 0. The van der Waals surface area contributed by atoms with Crippen molar-refractivity contribution in [3.8, 4) is 0 Å². The topological polar surface area (TPSA) is 43.1 Å². The molecule has 1 aromatic heterocycles. The summed E-state index contributed by atoms with van der Waals surface area (Å²) in [6.45, 7) is 2.05. The molecule has 0 spiro atoms. The Balaban J connectivity index is 2.37. The van der Waals surface area contributed by atoms with Crippen LogP contribution in [0.3, 0.4) is 0 Å². The molecule has 3 heteroatoms. The summed E-state index contributed by atoms with van der Waals surface area (Å²) in [5.74, 6) is 0.191. The summed E-state index contributed by atoms with van der Waals surface area (Å²) in [5, 5.41) is 1.97. The standard InChI is InChI=1S/C16H15NOS/c1-2-13(17)15-11-6-4-3-5-10(11)9-14(18)16-12(15)7-8-19-16/h3-8H,2,9,17H2,1H3/b15-13+. The molecule has 0 amide bonds. The number of hydrogen-bond acceptors (Lipinski definition) is 3. The summed E-state index contributed by atoms with van der Waals surface area (Å²) in [6, 6.07) is 10.1. The highest BCUT2D eigenvalue weighted by molar-refractivity contribution is 7.12. The lowest BCUT2D eigenvalue weighted by Gasteiger charge is -2.12. The summed E-state index contributed by atoms with van der Waals surface area (Å²) in [7, 11) is 0. The minimum atomic E-state index is 0.191. The molecule has 0 radical (unpaired) electrons. The van der Waals surface area contributed by atoms with E-state index in [1.54, 1.807) is 0 Å². The van der Waals surface area contributed by atoms with Crippen LogP contribution in [-0.2, 0) is 6.42 Å². The Morgan fingerprint density at radius 2 is 2.05 bits per heavy atom. The Labute approximate surface area is 116 Å². The summed E-state index contributed by atoms with van der Waals surface area (Å²) in [5.41, 5.74) is 11.3. The largest absolute Gasteiger partial charge is 0.402 e. The second-order valence-corrected chi connectivity index (χ2v) is 5.59. The van der Waals surface area contributed by atoms with Gasteiger partial charge in [-0.15, -0.1) is 11.3 Å². The number of benzene rings is 1. The van der Waals surface area contributed by atoms with Crippen LogP contribution in [-0.4, -0.2) is 5.78 Å². The van der Waals surface area contributed by atoms with Crippen LogP contribution in [0.15, 0.2) is 41.4 Å². The molecule has 1 aliphatic rings. The molecular formula is C16H15NOS. The minimum Gasteiger partial charge on any atom is -0.402 e. The molecule has 2 N–H and O–H groups in total. The zero-order valence-electron chi connectivity index (χ0n) is 10.8. The zero-order chi connectivity index (χ0) is 13.4. The van der Waals surface area contributed by atoms with Gasteiger partial charge in [0, 0.05) is 23.3 Å². The molecule has 3 rings (SSSR count). The lowest BCUT2D eigenvalue weighted by molar-refractivity contribution is 0.0997. The van der Waals surface area contributed by atoms with Gasteiger partial charge in [-0.05, 0) is 29.0 Å². The van der Waals surface area contributed by atoms with Gasteiger partial charge in [-0.25, -0.2) is 0 Å². The summed E-state index contributed by atoms with van der Waals surface area (Å²) >= 11 is 1.51. The Kier molecular flexibility index (Phi) is 2.99. The van der Waals surface area contributed by atoms with Crippen LogP contribution in [0.2, 0.25) is 0 Å². The van der Waals surface area contributed by atoms with Gasteiger partial charge in [0.05, 0.1) is 4.88 Å². The molecule has 1 heterocycles. The molecule has 0 atom stereocenters. The van der Waals surface area contributed by atoms with Crippen molar-refractivity contribution in [1.29, 1.82) is 0 Å². The quantitative estimate of drug-likeness (QED) is 0.859. The van der Waals surface area contributed by atoms with E-state index in [1.807, 2.05) is 36.6 Å². The number of hydrogen-bond donors (Lipinski definition) is 1. The first-order valence-corrected chi connectivity index (χ1v) is 7.28. The van der Waals surface area contributed by atoms with E-state index in [0.717, 1.165) is 39.3 Å². The average Bonchev–Trinajstić information content (AvgIpc) is 2.86. The van der Waals surface area contributed by atoms with Crippen LogP contribution >= 0.6 is 11.3 Å². The molecule has 0 saturated heterocycles. The van der Waals surface area contributed by atoms with Gasteiger partial charge < -0.3 is 5.73 Å². The molecule has 0 aliphatic heterocycles. The molecule has 1 aliphatic carbocycles. The van der Waals surface area contributed by atoms with Gasteiger partial charge in [0.2, 0.25) is 0 Å². The number of thiophene rings is 1. The SMILES string of the molecule is CC/C(N)=C1/c2ccccc2CC(=O)c2sccc21. The molecule has 0 unspecified atom stereocenters. The molecule has 0 fully saturated rings. The molecule has 2 nitrogen and oxygen atoms in total. The van der Waals surface area contributed by atoms with E-state index in [9.17, 15) is 4.79 Å². The molecule has 19 heavy (non-hydrogen) atoms. The summed E-state index contributed by atoms with van der Waals surface area (Å²) in [4.78, 5) is 13.2. The average molecular weight is 269 g/mol. The van der Waals surface area contributed by atoms with Gasteiger partial charge in [0.1, 0.15) is 0 Å². The fourth-order valence-electron chi connectivity index (χ4n) is 2.56. The number of ketones is 1. The number of allylic oxidation sites excluding steroid dienone is 1. The van der Waals surface area contributed by atoms with E-state index in [4.69, 9.17) is 5.73 Å². The lowest BCUT2D eigenvalue weighted by atomic mass is 9.94. The normalized spacial score (nSPS) is 16.6. The van der Waals surface area contributed by atoms with Crippen molar-refractivity contribution in [2.75, 3.05) is 0 Å². The second-order valence-electron chi connectivity index (χ2n) is 4.67. The van der Waals surface area contributed by atoms with Gasteiger partial charge in [-0.1, -0.05) is 31.2 Å². The van der Waals surface area contributed by atoms with Crippen molar-refractivity contribution >= 4 is 22.7 Å².